The van der Waals surface area contributed by atoms with Crippen LogP contribution in [0.2, 0.25) is 0 Å². The number of fused-ring (bicyclic) bond motifs is 1. The first-order valence-electron chi connectivity index (χ1n) is 7.99. The average Bonchev–Trinajstić information content (AvgIpc) is 3.33. The molecule has 1 N–H and O–H groups in total. The van der Waals surface area contributed by atoms with Gasteiger partial charge in [0.15, 0.2) is 5.13 Å². The van der Waals surface area contributed by atoms with E-state index in [1.165, 1.54) is 22.7 Å². The number of carbonyl (C=O) groups excluding carboxylic acids is 1. The lowest BCUT2D eigenvalue weighted by Gasteiger charge is -2.00. The first-order chi connectivity index (χ1) is 12.6. The van der Waals surface area contributed by atoms with E-state index in [1.807, 2.05) is 48.9 Å². The number of carbonyl (C=O) groups is 1. The Morgan fingerprint density at radius 2 is 2.12 bits per heavy atom. The van der Waals surface area contributed by atoms with E-state index >= 15 is 0 Å². The van der Waals surface area contributed by atoms with Gasteiger partial charge in [-0.05, 0) is 43.5 Å². The third-order valence-electron chi connectivity index (χ3n) is 3.66. The van der Waals surface area contributed by atoms with Crippen molar-refractivity contribution in [3.05, 3.63) is 45.6 Å². The summed E-state index contributed by atoms with van der Waals surface area (Å²) in [6.45, 7) is 4.42. The molecule has 0 saturated carbocycles. The van der Waals surface area contributed by atoms with Gasteiger partial charge >= 0.3 is 0 Å². The number of rotatable bonds is 5. The maximum absolute atomic E-state index is 12.7. The minimum atomic E-state index is -0.175. The number of benzene rings is 1. The SMILES string of the molecule is CCOc1ccc2nc(NC(=O)c3sc(-c4ccsc4)nc3C)sc2c1. The molecule has 3 aromatic heterocycles. The van der Waals surface area contributed by atoms with Crippen molar-refractivity contribution in [2.75, 3.05) is 11.9 Å². The molecule has 4 rings (SSSR count). The molecule has 0 unspecified atom stereocenters. The first-order valence-corrected chi connectivity index (χ1v) is 10.6. The zero-order valence-electron chi connectivity index (χ0n) is 14.1. The largest absolute Gasteiger partial charge is 0.494 e. The van der Waals surface area contributed by atoms with E-state index in [1.54, 1.807) is 11.3 Å². The highest BCUT2D eigenvalue weighted by Gasteiger charge is 2.18. The quantitative estimate of drug-likeness (QED) is 0.483. The molecule has 0 aliphatic heterocycles. The van der Waals surface area contributed by atoms with Gasteiger partial charge in [-0.3, -0.25) is 10.1 Å². The Labute approximate surface area is 162 Å². The highest BCUT2D eigenvalue weighted by molar-refractivity contribution is 7.22. The third kappa shape index (κ3) is 3.35. The minimum absolute atomic E-state index is 0.175. The van der Waals surface area contributed by atoms with Crippen molar-refractivity contribution < 1.29 is 9.53 Å². The summed E-state index contributed by atoms with van der Waals surface area (Å²) in [6.07, 6.45) is 0. The highest BCUT2D eigenvalue weighted by atomic mass is 32.1. The van der Waals surface area contributed by atoms with Crippen LogP contribution in [0, 0.1) is 6.92 Å². The molecule has 0 atom stereocenters. The summed E-state index contributed by atoms with van der Waals surface area (Å²) < 4.78 is 6.49. The van der Waals surface area contributed by atoms with Crippen molar-refractivity contribution in [3.8, 4) is 16.3 Å². The van der Waals surface area contributed by atoms with Crippen LogP contribution < -0.4 is 10.1 Å². The molecule has 0 aliphatic rings. The predicted octanol–water partition coefficient (Wildman–Crippen LogP) is 5.44. The molecule has 3 heterocycles. The molecule has 0 radical (unpaired) electrons. The Balaban J connectivity index is 1.57. The van der Waals surface area contributed by atoms with Gasteiger partial charge in [-0.2, -0.15) is 11.3 Å². The van der Waals surface area contributed by atoms with E-state index in [2.05, 4.69) is 15.3 Å². The smallest absolute Gasteiger partial charge is 0.269 e. The average molecular weight is 402 g/mol. The normalized spacial score (nSPS) is 11.0. The summed E-state index contributed by atoms with van der Waals surface area (Å²) >= 11 is 4.45. The number of aryl methyl sites for hydroxylation is 1. The Bertz CT molecular complexity index is 1070. The maximum atomic E-state index is 12.7. The summed E-state index contributed by atoms with van der Waals surface area (Å²) in [5.74, 6) is 0.630. The Morgan fingerprint density at radius 3 is 2.88 bits per heavy atom. The third-order valence-corrected chi connectivity index (χ3v) is 6.48. The molecule has 0 saturated heterocycles. The van der Waals surface area contributed by atoms with Crippen LogP contribution in [0.25, 0.3) is 20.8 Å². The fourth-order valence-electron chi connectivity index (χ4n) is 2.49. The van der Waals surface area contributed by atoms with Gasteiger partial charge in [0.25, 0.3) is 5.91 Å². The molecule has 0 spiro atoms. The number of nitrogens with one attached hydrogen (secondary N) is 1. The van der Waals surface area contributed by atoms with Crippen molar-refractivity contribution in [1.29, 1.82) is 0 Å². The number of anilines is 1. The second-order valence-electron chi connectivity index (χ2n) is 5.48. The number of amides is 1. The molecule has 0 bridgehead atoms. The topological polar surface area (TPSA) is 64.1 Å². The van der Waals surface area contributed by atoms with Crippen LogP contribution in [-0.2, 0) is 0 Å². The number of thiazole rings is 2. The molecule has 5 nitrogen and oxygen atoms in total. The molecule has 0 fully saturated rings. The molecular weight excluding hydrogens is 386 g/mol. The summed E-state index contributed by atoms with van der Waals surface area (Å²) in [4.78, 5) is 22.3. The first kappa shape index (κ1) is 17.1. The van der Waals surface area contributed by atoms with Gasteiger partial charge in [0.2, 0.25) is 0 Å². The number of hydrogen-bond acceptors (Lipinski definition) is 7. The lowest BCUT2D eigenvalue weighted by atomic mass is 10.3. The van der Waals surface area contributed by atoms with Crippen molar-refractivity contribution in [2.24, 2.45) is 0 Å². The summed E-state index contributed by atoms with van der Waals surface area (Å²) in [5.41, 5.74) is 2.62. The van der Waals surface area contributed by atoms with Gasteiger partial charge in [-0.25, -0.2) is 9.97 Å². The van der Waals surface area contributed by atoms with Crippen molar-refractivity contribution in [3.63, 3.8) is 0 Å². The number of thiophene rings is 1. The van der Waals surface area contributed by atoms with E-state index in [0.29, 0.717) is 16.6 Å². The van der Waals surface area contributed by atoms with E-state index in [4.69, 9.17) is 4.74 Å². The Kier molecular flexibility index (Phi) is 4.71. The van der Waals surface area contributed by atoms with Gasteiger partial charge < -0.3 is 4.74 Å². The van der Waals surface area contributed by atoms with Crippen LogP contribution in [0.1, 0.15) is 22.3 Å². The van der Waals surface area contributed by atoms with Gasteiger partial charge in [0.1, 0.15) is 15.6 Å². The fraction of sp³-hybridized carbons (Fsp3) is 0.167. The van der Waals surface area contributed by atoms with Crippen LogP contribution in [-0.4, -0.2) is 22.5 Å². The fourth-order valence-corrected chi connectivity index (χ4v) is 5.05. The molecule has 8 heteroatoms. The second-order valence-corrected chi connectivity index (χ2v) is 8.29. The number of hydrogen-bond donors (Lipinski definition) is 1. The highest BCUT2D eigenvalue weighted by Crippen LogP contribution is 2.32. The van der Waals surface area contributed by atoms with Gasteiger partial charge in [0, 0.05) is 10.9 Å². The molecule has 26 heavy (non-hydrogen) atoms. The van der Waals surface area contributed by atoms with E-state index in [-0.39, 0.29) is 5.91 Å². The lowest BCUT2D eigenvalue weighted by molar-refractivity contribution is 0.103. The monoisotopic (exact) mass is 401 g/mol. The van der Waals surface area contributed by atoms with E-state index < -0.39 is 0 Å². The molecule has 1 aromatic carbocycles. The predicted molar refractivity (Wildman–Crippen MR) is 109 cm³/mol. The van der Waals surface area contributed by atoms with E-state index in [9.17, 15) is 4.79 Å². The van der Waals surface area contributed by atoms with Crippen LogP contribution in [0.4, 0.5) is 5.13 Å². The van der Waals surface area contributed by atoms with Crippen LogP contribution in [0.15, 0.2) is 35.0 Å². The Morgan fingerprint density at radius 1 is 1.23 bits per heavy atom. The maximum Gasteiger partial charge on any atom is 0.269 e. The lowest BCUT2D eigenvalue weighted by Crippen LogP contribution is -2.11. The standard InChI is InChI=1S/C18H15N3O2S3/c1-3-23-12-4-5-13-14(8-12)25-18(20-13)21-16(22)15-10(2)19-17(26-15)11-6-7-24-9-11/h4-9H,3H2,1-2H3,(H,20,21,22). The molecule has 4 aromatic rings. The molecule has 1 amide bonds. The summed E-state index contributed by atoms with van der Waals surface area (Å²) in [7, 11) is 0. The second kappa shape index (κ2) is 7.14. The zero-order chi connectivity index (χ0) is 18.1. The van der Waals surface area contributed by atoms with Crippen LogP contribution in [0.5, 0.6) is 5.75 Å². The van der Waals surface area contributed by atoms with Gasteiger partial charge in [0.05, 0.1) is 22.5 Å². The van der Waals surface area contributed by atoms with Gasteiger partial charge in [-0.1, -0.05) is 11.3 Å². The van der Waals surface area contributed by atoms with Crippen molar-refractivity contribution in [1.82, 2.24) is 9.97 Å². The zero-order valence-corrected chi connectivity index (χ0v) is 16.6. The number of aromatic nitrogens is 2. The van der Waals surface area contributed by atoms with Crippen molar-refractivity contribution >= 4 is 55.3 Å². The minimum Gasteiger partial charge on any atom is -0.494 e. The molecule has 132 valence electrons. The number of ether oxygens (including phenoxy) is 1. The molecule has 0 aliphatic carbocycles. The molecular formula is C18H15N3O2S3. The van der Waals surface area contributed by atoms with Crippen LogP contribution in [0.3, 0.4) is 0 Å². The Hall–Kier alpha value is -2.29. The van der Waals surface area contributed by atoms with E-state index in [0.717, 1.165) is 32.2 Å². The van der Waals surface area contributed by atoms with Gasteiger partial charge in [-0.15, -0.1) is 11.3 Å². The number of nitrogens with zero attached hydrogens (tertiary/aromatic N) is 2. The van der Waals surface area contributed by atoms with Crippen LogP contribution >= 0.6 is 34.0 Å². The van der Waals surface area contributed by atoms with Crippen molar-refractivity contribution in [2.45, 2.75) is 13.8 Å². The summed E-state index contributed by atoms with van der Waals surface area (Å²) in [5, 5.41) is 8.37. The summed E-state index contributed by atoms with van der Waals surface area (Å²) in [6, 6.07) is 7.74.